The van der Waals surface area contributed by atoms with E-state index in [1.165, 1.54) is 0 Å². The van der Waals surface area contributed by atoms with E-state index in [2.05, 4.69) is 11.9 Å². The zero-order chi connectivity index (χ0) is 9.56. The van der Waals surface area contributed by atoms with E-state index in [1.807, 2.05) is 14.0 Å². The first-order valence-electron chi connectivity index (χ1n) is 4.11. The molecule has 0 radical (unpaired) electrons. The summed E-state index contributed by atoms with van der Waals surface area (Å²) in [5.41, 5.74) is 1.01. The van der Waals surface area contributed by atoms with Gasteiger partial charge in [-0.25, -0.2) is 0 Å². The normalized spacial score (nSPS) is 9.58. The molecule has 0 spiro atoms. The van der Waals surface area contributed by atoms with E-state index < -0.39 is 0 Å². The minimum absolute atomic E-state index is 0.160. The largest absolute Gasteiger partial charge is 0.342 e. The monoisotopic (exact) mass is 170 g/mol. The molecule has 0 atom stereocenters. The zero-order valence-corrected chi connectivity index (χ0v) is 8.18. The van der Waals surface area contributed by atoms with E-state index >= 15 is 0 Å². The Morgan fingerprint density at radius 1 is 1.58 bits per heavy atom. The number of likely N-dealkylation sites (N-methyl/N-ethyl adjacent to an activating group) is 1. The highest BCUT2D eigenvalue weighted by molar-refractivity contribution is 5.76. The van der Waals surface area contributed by atoms with Gasteiger partial charge in [-0.05, 0) is 14.0 Å². The summed E-state index contributed by atoms with van der Waals surface area (Å²) in [7, 11) is 3.64. The number of hydrogen-bond donors (Lipinski definition) is 1. The van der Waals surface area contributed by atoms with Crippen LogP contribution in [0.4, 0.5) is 0 Å². The number of nitrogens with one attached hydrogen (secondary N) is 1. The molecule has 0 rings (SSSR count). The SMILES string of the molecule is C=C(C)CN(C)C(=O)CCNC. The van der Waals surface area contributed by atoms with E-state index in [0.717, 1.165) is 12.1 Å². The molecule has 0 heterocycles. The minimum Gasteiger partial charge on any atom is -0.342 e. The topological polar surface area (TPSA) is 32.3 Å². The van der Waals surface area contributed by atoms with E-state index in [9.17, 15) is 4.79 Å². The van der Waals surface area contributed by atoms with Crippen LogP contribution in [0.5, 0.6) is 0 Å². The Labute approximate surface area is 74.4 Å². The first kappa shape index (κ1) is 11.2. The fourth-order valence-electron chi connectivity index (χ4n) is 0.916. The molecule has 0 aromatic rings. The van der Waals surface area contributed by atoms with Gasteiger partial charge in [0.2, 0.25) is 5.91 Å². The van der Waals surface area contributed by atoms with Crippen molar-refractivity contribution in [3.8, 4) is 0 Å². The van der Waals surface area contributed by atoms with Crippen LogP contribution in [0.2, 0.25) is 0 Å². The highest BCUT2D eigenvalue weighted by Gasteiger charge is 2.06. The maximum absolute atomic E-state index is 11.3. The Balaban J connectivity index is 3.69. The van der Waals surface area contributed by atoms with E-state index in [1.54, 1.807) is 11.9 Å². The first-order chi connectivity index (χ1) is 5.57. The summed E-state index contributed by atoms with van der Waals surface area (Å²) in [4.78, 5) is 13.0. The second-order valence-electron chi connectivity index (χ2n) is 3.06. The van der Waals surface area contributed by atoms with Crippen LogP contribution in [-0.4, -0.2) is 38.0 Å². The van der Waals surface area contributed by atoms with Crippen LogP contribution < -0.4 is 5.32 Å². The molecular weight excluding hydrogens is 152 g/mol. The van der Waals surface area contributed by atoms with Gasteiger partial charge in [-0.15, -0.1) is 0 Å². The van der Waals surface area contributed by atoms with Gasteiger partial charge in [-0.2, -0.15) is 0 Å². The lowest BCUT2D eigenvalue weighted by Crippen LogP contribution is -2.30. The van der Waals surface area contributed by atoms with Crippen LogP contribution in [0.3, 0.4) is 0 Å². The Morgan fingerprint density at radius 3 is 2.58 bits per heavy atom. The van der Waals surface area contributed by atoms with Gasteiger partial charge in [0, 0.05) is 26.6 Å². The Kier molecular flexibility index (Phi) is 5.37. The molecule has 0 bridgehead atoms. The van der Waals surface area contributed by atoms with Crippen molar-refractivity contribution in [3.05, 3.63) is 12.2 Å². The molecule has 0 fully saturated rings. The van der Waals surface area contributed by atoms with Gasteiger partial charge in [0.05, 0.1) is 0 Å². The summed E-state index contributed by atoms with van der Waals surface area (Å²) >= 11 is 0. The quantitative estimate of drug-likeness (QED) is 0.614. The molecule has 0 aliphatic carbocycles. The van der Waals surface area contributed by atoms with Crippen LogP contribution >= 0.6 is 0 Å². The fourth-order valence-corrected chi connectivity index (χ4v) is 0.916. The van der Waals surface area contributed by atoms with Crippen molar-refractivity contribution in [2.45, 2.75) is 13.3 Å². The van der Waals surface area contributed by atoms with Crippen molar-refractivity contribution in [2.75, 3.05) is 27.2 Å². The van der Waals surface area contributed by atoms with E-state index in [0.29, 0.717) is 13.0 Å². The van der Waals surface area contributed by atoms with Crippen molar-refractivity contribution in [3.63, 3.8) is 0 Å². The van der Waals surface area contributed by atoms with Crippen LogP contribution in [0.25, 0.3) is 0 Å². The highest BCUT2D eigenvalue weighted by atomic mass is 16.2. The summed E-state index contributed by atoms with van der Waals surface area (Å²) in [6, 6.07) is 0. The summed E-state index contributed by atoms with van der Waals surface area (Å²) in [6.07, 6.45) is 0.556. The lowest BCUT2D eigenvalue weighted by molar-refractivity contribution is -0.129. The fraction of sp³-hybridized carbons (Fsp3) is 0.667. The van der Waals surface area contributed by atoms with E-state index in [4.69, 9.17) is 0 Å². The lowest BCUT2D eigenvalue weighted by atomic mass is 10.3. The summed E-state index contributed by atoms with van der Waals surface area (Å²) in [5.74, 6) is 0.160. The molecule has 0 saturated carbocycles. The van der Waals surface area contributed by atoms with Gasteiger partial charge in [0.1, 0.15) is 0 Å². The molecule has 0 aliphatic heterocycles. The second kappa shape index (κ2) is 5.77. The van der Waals surface area contributed by atoms with Crippen LogP contribution in [0.15, 0.2) is 12.2 Å². The van der Waals surface area contributed by atoms with Crippen molar-refractivity contribution >= 4 is 5.91 Å². The Bertz CT molecular complexity index is 166. The average molecular weight is 170 g/mol. The van der Waals surface area contributed by atoms with Crippen molar-refractivity contribution < 1.29 is 4.79 Å². The Hall–Kier alpha value is -0.830. The number of carbonyl (C=O) groups is 1. The molecule has 1 N–H and O–H groups in total. The average Bonchev–Trinajstić information content (AvgIpc) is 1.98. The van der Waals surface area contributed by atoms with Gasteiger partial charge < -0.3 is 10.2 Å². The van der Waals surface area contributed by atoms with Crippen LogP contribution in [-0.2, 0) is 4.79 Å². The summed E-state index contributed by atoms with van der Waals surface area (Å²) < 4.78 is 0. The molecule has 0 aromatic heterocycles. The number of rotatable bonds is 5. The van der Waals surface area contributed by atoms with Gasteiger partial charge in [0.15, 0.2) is 0 Å². The van der Waals surface area contributed by atoms with E-state index in [-0.39, 0.29) is 5.91 Å². The zero-order valence-electron chi connectivity index (χ0n) is 8.18. The van der Waals surface area contributed by atoms with Crippen molar-refractivity contribution in [2.24, 2.45) is 0 Å². The molecule has 3 heteroatoms. The number of hydrogen-bond acceptors (Lipinski definition) is 2. The van der Waals surface area contributed by atoms with Crippen LogP contribution in [0.1, 0.15) is 13.3 Å². The highest BCUT2D eigenvalue weighted by Crippen LogP contribution is 1.95. The van der Waals surface area contributed by atoms with Crippen molar-refractivity contribution in [1.29, 1.82) is 0 Å². The summed E-state index contributed by atoms with van der Waals surface area (Å²) in [6.45, 7) is 7.06. The van der Waals surface area contributed by atoms with Crippen molar-refractivity contribution in [1.82, 2.24) is 10.2 Å². The molecule has 3 nitrogen and oxygen atoms in total. The number of amides is 1. The molecule has 0 aromatic carbocycles. The third kappa shape index (κ3) is 4.91. The predicted octanol–water partition coefficient (Wildman–Crippen LogP) is 0.630. The minimum atomic E-state index is 0.160. The second-order valence-corrected chi connectivity index (χ2v) is 3.06. The number of carbonyl (C=O) groups excluding carboxylic acids is 1. The van der Waals surface area contributed by atoms with Gasteiger partial charge in [0.25, 0.3) is 0 Å². The maximum Gasteiger partial charge on any atom is 0.223 e. The predicted molar refractivity (Wildman–Crippen MR) is 51.0 cm³/mol. The molecule has 0 saturated heterocycles. The lowest BCUT2D eigenvalue weighted by Gasteiger charge is -2.16. The standard InChI is InChI=1S/C9H18N2O/c1-8(2)7-11(4)9(12)5-6-10-3/h10H,1,5-7H2,2-4H3. The maximum atomic E-state index is 11.3. The van der Waals surface area contributed by atoms with Crippen LogP contribution in [0, 0.1) is 0 Å². The molecule has 0 aliphatic rings. The molecule has 12 heavy (non-hydrogen) atoms. The third-order valence-corrected chi connectivity index (χ3v) is 1.52. The first-order valence-corrected chi connectivity index (χ1v) is 4.11. The van der Waals surface area contributed by atoms with Gasteiger partial charge in [-0.3, -0.25) is 4.79 Å². The molecule has 70 valence electrons. The molecule has 1 amide bonds. The Morgan fingerprint density at radius 2 is 2.17 bits per heavy atom. The summed E-state index contributed by atoms with van der Waals surface area (Å²) in [5, 5.41) is 2.94. The molecular formula is C9H18N2O. The molecule has 0 unspecified atom stereocenters. The van der Waals surface area contributed by atoms with Gasteiger partial charge >= 0.3 is 0 Å². The third-order valence-electron chi connectivity index (χ3n) is 1.52. The smallest absolute Gasteiger partial charge is 0.223 e. The number of nitrogens with zero attached hydrogens (tertiary/aromatic N) is 1. The van der Waals surface area contributed by atoms with Gasteiger partial charge in [-0.1, -0.05) is 12.2 Å².